The standard InChI is InChI=1S/C14H11ClN2O2S2/c15-10-3-5-11(6-4-10)20-9-7-17-14(18)19-13(16-17)12-2-1-8-21-12/h1-6,8H,7,9H2. The molecule has 2 aromatic heterocycles. The molecule has 0 aliphatic carbocycles. The molecule has 1 aromatic carbocycles. The van der Waals surface area contributed by atoms with E-state index < -0.39 is 5.76 Å². The molecule has 0 radical (unpaired) electrons. The number of aromatic nitrogens is 2. The molecule has 108 valence electrons. The number of aryl methyl sites for hydroxylation is 1. The summed E-state index contributed by atoms with van der Waals surface area (Å²) in [6.07, 6.45) is 0. The third-order valence-electron chi connectivity index (χ3n) is 2.72. The minimum Gasteiger partial charge on any atom is -0.387 e. The Kier molecular flexibility index (Phi) is 4.48. The summed E-state index contributed by atoms with van der Waals surface area (Å²) >= 11 is 8.97. The maximum Gasteiger partial charge on any atom is 0.437 e. The molecule has 0 spiro atoms. The fourth-order valence-corrected chi connectivity index (χ4v) is 3.33. The molecule has 21 heavy (non-hydrogen) atoms. The van der Waals surface area contributed by atoms with E-state index in [-0.39, 0.29) is 0 Å². The van der Waals surface area contributed by atoms with Gasteiger partial charge in [0.15, 0.2) is 0 Å². The monoisotopic (exact) mass is 338 g/mol. The Morgan fingerprint density at radius 3 is 2.81 bits per heavy atom. The number of nitrogens with zero attached hydrogens (tertiary/aromatic N) is 2. The molecular weight excluding hydrogens is 328 g/mol. The molecule has 2 heterocycles. The highest BCUT2D eigenvalue weighted by Gasteiger charge is 2.10. The van der Waals surface area contributed by atoms with Crippen LogP contribution in [-0.2, 0) is 6.54 Å². The van der Waals surface area contributed by atoms with Crippen molar-refractivity contribution in [3.63, 3.8) is 0 Å². The van der Waals surface area contributed by atoms with Gasteiger partial charge in [-0.05, 0) is 35.7 Å². The molecule has 0 fully saturated rings. The predicted molar refractivity (Wildman–Crippen MR) is 86.3 cm³/mol. The zero-order valence-corrected chi connectivity index (χ0v) is 13.2. The van der Waals surface area contributed by atoms with Crippen molar-refractivity contribution in [2.45, 2.75) is 11.4 Å². The minimum atomic E-state index is -0.421. The van der Waals surface area contributed by atoms with Crippen LogP contribution in [0.4, 0.5) is 0 Å². The number of thioether (sulfide) groups is 1. The quantitative estimate of drug-likeness (QED) is 0.659. The SMILES string of the molecule is O=c1oc(-c2cccs2)nn1CCSc1ccc(Cl)cc1. The number of rotatable bonds is 5. The van der Waals surface area contributed by atoms with E-state index in [0.29, 0.717) is 17.5 Å². The molecular formula is C14H11ClN2O2S2. The second-order valence-electron chi connectivity index (χ2n) is 4.18. The lowest BCUT2D eigenvalue weighted by molar-refractivity contribution is 0.492. The van der Waals surface area contributed by atoms with Crippen molar-refractivity contribution in [1.82, 2.24) is 9.78 Å². The summed E-state index contributed by atoms with van der Waals surface area (Å²) in [5.74, 6) is 0.694. The van der Waals surface area contributed by atoms with E-state index in [1.165, 1.54) is 16.0 Å². The number of benzene rings is 1. The Labute approximate surface area is 134 Å². The Bertz CT molecular complexity index is 763. The van der Waals surface area contributed by atoms with Crippen LogP contribution in [0.2, 0.25) is 5.02 Å². The van der Waals surface area contributed by atoms with Gasteiger partial charge in [-0.3, -0.25) is 0 Å². The summed E-state index contributed by atoms with van der Waals surface area (Å²) in [6, 6.07) is 11.4. The first-order valence-corrected chi connectivity index (χ1v) is 8.47. The molecule has 3 aromatic rings. The molecule has 0 saturated heterocycles. The van der Waals surface area contributed by atoms with E-state index in [1.807, 2.05) is 41.8 Å². The molecule has 0 N–H and O–H groups in total. The van der Waals surface area contributed by atoms with Crippen LogP contribution in [0.1, 0.15) is 0 Å². The second kappa shape index (κ2) is 6.51. The maximum atomic E-state index is 11.7. The number of thiophene rings is 1. The van der Waals surface area contributed by atoms with Crippen LogP contribution in [0, 0.1) is 0 Å². The minimum absolute atomic E-state index is 0.381. The summed E-state index contributed by atoms with van der Waals surface area (Å²) < 4.78 is 6.52. The van der Waals surface area contributed by atoms with Crippen LogP contribution in [0.5, 0.6) is 0 Å². The number of halogens is 1. The molecule has 0 bridgehead atoms. The molecule has 7 heteroatoms. The van der Waals surface area contributed by atoms with Gasteiger partial charge in [-0.15, -0.1) is 28.2 Å². The largest absolute Gasteiger partial charge is 0.437 e. The van der Waals surface area contributed by atoms with Gasteiger partial charge in [0, 0.05) is 15.7 Å². The average Bonchev–Trinajstić information content (AvgIpc) is 3.11. The normalized spacial score (nSPS) is 10.9. The summed E-state index contributed by atoms with van der Waals surface area (Å²) in [5.41, 5.74) is 0. The third kappa shape index (κ3) is 3.58. The third-order valence-corrected chi connectivity index (χ3v) is 4.83. The topological polar surface area (TPSA) is 48.0 Å². The van der Waals surface area contributed by atoms with Gasteiger partial charge in [0.1, 0.15) is 0 Å². The van der Waals surface area contributed by atoms with Crippen molar-refractivity contribution < 1.29 is 4.42 Å². The highest BCUT2D eigenvalue weighted by Crippen LogP contribution is 2.22. The average molecular weight is 339 g/mol. The summed E-state index contributed by atoms with van der Waals surface area (Å²) in [6.45, 7) is 0.501. The van der Waals surface area contributed by atoms with Crippen molar-refractivity contribution in [2.24, 2.45) is 0 Å². The number of hydrogen-bond donors (Lipinski definition) is 0. The molecule has 0 aliphatic heterocycles. The van der Waals surface area contributed by atoms with Gasteiger partial charge < -0.3 is 4.42 Å². The molecule has 4 nitrogen and oxygen atoms in total. The first-order chi connectivity index (χ1) is 10.2. The van der Waals surface area contributed by atoms with Crippen molar-refractivity contribution in [2.75, 3.05) is 5.75 Å². The van der Waals surface area contributed by atoms with E-state index >= 15 is 0 Å². The van der Waals surface area contributed by atoms with Crippen LogP contribution in [0.15, 0.2) is 55.9 Å². The predicted octanol–water partition coefficient (Wildman–Crippen LogP) is 4.01. The van der Waals surface area contributed by atoms with Gasteiger partial charge in [-0.2, -0.15) is 4.68 Å². The van der Waals surface area contributed by atoms with Crippen molar-refractivity contribution in [1.29, 1.82) is 0 Å². The van der Waals surface area contributed by atoms with Gasteiger partial charge in [-0.25, -0.2) is 4.79 Å². The molecule has 0 atom stereocenters. The van der Waals surface area contributed by atoms with E-state index in [1.54, 1.807) is 11.8 Å². The van der Waals surface area contributed by atoms with Gasteiger partial charge in [0.2, 0.25) is 0 Å². The van der Waals surface area contributed by atoms with Gasteiger partial charge in [-0.1, -0.05) is 17.7 Å². The maximum absolute atomic E-state index is 11.7. The lowest BCUT2D eigenvalue weighted by Crippen LogP contribution is -2.17. The van der Waals surface area contributed by atoms with Crippen LogP contribution in [-0.4, -0.2) is 15.5 Å². The van der Waals surface area contributed by atoms with Crippen LogP contribution >= 0.6 is 34.7 Å². The highest BCUT2D eigenvalue weighted by molar-refractivity contribution is 7.99. The first kappa shape index (κ1) is 14.4. The Morgan fingerprint density at radius 2 is 2.10 bits per heavy atom. The lowest BCUT2D eigenvalue weighted by atomic mass is 10.4. The van der Waals surface area contributed by atoms with E-state index in [0.717, 1.165) is 15.5 Å². The second-order valence-corrected chi connectivity index (χ2v) is 6.73. The van der Waals surface area contributed by atoms with E-state index in [2.05, 4.69) is 5.10 Å². The lowest BCUT2D eigenvalue weighted by Gasteiger charge is -2.00. The van der Waals surface area contributed by atoms with Crippen molar-refractivity contribution in [3.05, 3.63) is 57.4 Å². The Morgan fingerprint density at radius 1 is 1.29 bits per heavy atom. The molecule has 0 amide bonds. The van der Waals surface area contributed by atoms with Crippen molar-refractivity contribution in [3.8, 4) is 10.8 Å². The first-order valence-electron chi connectivity index (χ1n) is 6.22. The van der Waals surface area contributed by atoms with Gasteiger partial charge in [0.25, 0.3) is 5.89 Å². The zero-order valence-electron chi connectivity index (χ0n) is 10.9. The molecule has 0 unspecified atom stereocenters. The zero-order chi connectivity index (χ0) is 14.7. The van der Waals surface area contributed by atoms with Gasteiger partial charge in [0.05, 0.1) is 11.4 Å². The smallest absolute Gasteiger partial charge is 0.387 e. The van der Waals surface area contributed by atoms with Crippen LogP contribution in [0.3, 0.4) is 0 Å². The number of hydrogen-bond acceptors (Lipinski definition) is 5. The fourth-order valence-electron chi connectivity index (χ4n) is 1.73. The summed E-state index contributed by atoms with van der Waals surface area (Å²) in [7, 11) is 0. The van der Waals surface area contributed by atoms with Gasteiger partial charge >= 0.3 is 5.76 Å². The van der Waals surface area contributed by atoms with E-state index in [4.69, 9.17) is 16.0 Å². The highest BCUT2D eigenvalue weighted by atomic mass is 35.5. The summed E-state index contributed by atoms with van der Waals surface area (Å²) in [5, 5.41) is 6.85. The Balaban J connectivity index is 1.63. The molecule has 0 saturated carbocycles. The van der Waals surface area contributed by atoms with E-state index in [9.17, 15) is 4.79 Å². The molecule has 3 rings (SSSR count). The summed E-state index contributed by atoms with van der Waals surface area (Å²) in [4.78, 5) is 13.7. The van der Waals surface area contributed by atoms with Crippen LogP contribution < -0.4 is 5.76 Å². The fraction of sp³-hybridized carbons (Fsp3) is 0.143. The Hall–Kier alpha value is -1.50. The van der Waals surface area contributed by atoms with Crippen molar-refractivity contribution >= 4 is 34.7 Å². The molecule has 0 aliphatic rings. The van der Waals surface area contributed by atoms with Crippen LogP contribution in [0.25, 0.3) is 10.8 Å².